The molecule has 1 heterocycles. The standard InChI is InChI=1S/C15H22O5/c1-11(2)13(16)18-8-5-15(7-10-20-15)6-9-19-14(17)12(3)4/h1,3,5-10H2,2,4H3. The maximum atomic E-state index is 11.3. The van der Waals surface area contributed by atoms with Crippen LogP contribution in [0.3, 0.4) is 0 Å². The predicted molar refractivity (Wildman–Crippen MR) is 74.1 cm³/mol. The van der Waals surface area contributed by atoms with Crippen molar-refractivity contribution in [2.45, 2.75) is 38.7 Å². The highest BCUT2D eigenvalue weighted by atomic mass is 16.6. The molecule has 1 saturated heterocycles. The first kappa shape index (κ1) is 16.4. The average molecular weight is 282 g/mol. The average Bonchev–Trinajstić information content (AvgIpc) is 2.34. The zero-order chi connectivity index (χ0) is 15.2. The second-order valence-electron chi connectivity index (χ2n) is 5.11. The molecule has 0 aliphatic carbocycles. The van der Waals surface area contributed by atoms with Crippen LogP contribution in [0.4, 0.5) is 0 Å². The maximum Gasteiger partial charge on any atom is 0.333 e. The molecule has 0 aromatic heterocycles. The van der Waals surface area contributed by atoms with E-state index in [-0.39, 0.29) is 18.8 Å². The summed E-state index contributed by atoms with van der Waals surface area (Å²) in [5, 5.41) is 0. The molecule has 0 atom stereocenters. The molecule has 1 aliphatic rings. The first-order valence-corrected chi connectivity index (χ1v) is 6.65. The van der Waals surface area contributed by atoms with Crippen molar-refractivity contribution in [1.29, 1.82) is 0 Å². The van der Waals surface area contributed by atoms with Gasteiger partial charge in [0.2, 0.25) is 0 Å². The maximum absolute atomic E-state index is 11.3. The van der Waals surface area contributed by atoms with Gasteiger partial charge in [-0.1, -0.05) is 13.2 Å². The molecule has 0 saturated carbocycles. The lowest BCUT2D eigenvalue weighted by molar-refractivity contribution is -0.174. The summed E-state index contributed by atoms with van der Waals surface area (Å²) in [5.74, 6) is -0.790. The van der Waals surface area contributed by atoms with E-state index in [1.54, 1.807) is 13.8 Å². The molecule has 1 rings (SSSR count). The molecule has 0 N–H and O–H groups in total. The molecule has 0 aromatic carbocycles. The minimum Gasteiger partial charge on any atom is -0.462 e. The van der Waals surface area contributed by atoms with Crippen molar-refractivity contribution in [3.63, 3.8) is 0 Å². The van der Waals surface area contributed by atoms with Gasteiger partial charge < -0.3 is 14.2 Å². The van der Waals surface area contributed by atoms with E-state index in [0.29, 0.717) is 30.6 Å². The van der Waals surface area contributed by atoms with E-state index in [9.17, 15) is 9.59 Å². The van der Waals surface area contributed by atoms with E-state index in [1.165, 1.54) is 0 Å². The lowest BCUT2D eigenvalue weighted by Gasteiger charge is -2.41. The molecule has 1 aliphatic heterocycles. The Bertz CT molecular complexity index is 372. The second kappa shape index (κ2) is 7.24. The third-order valence-corrected chi connectivity index (χ3v) is 3.24. The quantitative estimate of drug-likeness (QED) is 0.504. The number of esters is 2. The Morgan fingerprint density at radius 3 is 1.70 bits per heavy atom. The molecule has 0 unspecified atom stereocenters. The number of hydrogen-bond donors (Lipinski definition) is 0. The van der Waals surface area contributed by atoms with Crippen LogP contribution in [0.15, 0.2) is 24.3 Å². The Morgan fingerprint density at radius 1 is 1.05 bits per heavy atom. The van der Waals surface area contributed by atoms with E-state index in [2.05, 4.69) is 13.2 Å². The highest BCUT2D eigenvalue weighted by Crippen LogP contribution is 2.33. The summed E-state index contributed by atoms with van der Waals surface area (Å²) in [6.07, 6.45) is 2.07. The summed E-state index contributed by atoms with van der Waals surface area (Å²) in [4.78, 5) is 22.5. The van der Waals surface area contributed by atoms with Gasteiger partial charge in [-0.05, 0) is 13.8 Å². The number of ether oxygens (including phenoxy) is 3. The molecule has 1 fully saturated rings. The zero-order valence-electron chi connectivity index (χ0n) is 12.2. The first-order chi connectivity index (χ1) is 9.36. The number of carbonyl (C=O) groups excluding carboxylic acids is 2. The highest BCUT2D eigenvalue weighted by molar-refractivity contribution is 5.87. The summed E-state index contributed by atoms with van der Waals surface area (Å²) >= 11 is 0. The predicted octanol–water partition coefficient (Wildman–Crippen LogP) is 2.16. The van der Waals surface area contributed by atoms with Gasteiger partial charge >= 0.3 is 11.9 Å². The SMILES string of the molecule is C=C(C)C(=O)OCCC1(CCOC(=O)C(=C)C)CCO1. The third-order valence-electron chi connectivity index (χ3n) is 3.24. The van der Waals surface area contributed by atoms with Crippen molar-refractivity contribution in [3.05, 3.63) is 24.3 Å². The normalized spacial score (nSPS) is 15.9. The van der Waals surface area contributed by atoms with Crippen molar-refractivity contribution >= 4 is 11.9 Å². The summed E-state index contributed by atoms with van der Waals surface area (Å²) in [6.45, 7) is 11.5. The van der Waals surface area contributed by atoms with Crippen molar-refractivity contribution < 1.29 is 23.8 Å². The van der Waals surface area contributed by atoms with Crippen LogP contribution in [0.1, 0.15) is 33.1 Å². The summed E-state index contributed by atoms with van der Waals surface area (Å²) in [7, 11) is 0. The van der Waals surface area contributed by atoms with Gasteiger partial charge in [-0.15, -0.1) is 0 Å². The third kappa shape index (κ3) is 4.81. The van der Waals surface area contributed by atoms with Crippen molar-refractivity contribution in [2.75, 3.05) is 19.8 Å². The van der Waals surface area contributed by atoms with Crippen LogP contribution in [-0.2, 0) is 23.8 Å². The Hall–Kier alpha value is -1.62. The zero-order valence-corrected chi connectivity index (χ0v) is 12.2. The lowest BCUT2D eigenvalue weighted by Crippen LogP contribution is -2.45. The fourth-order valence-corrected chi connectivity index (χ4v) is 1.82. The molecular formula is C15H22O5. The highest BCUT2D eigenvalue weighted by Gasteiger charge is 2.38. The molecule has 0 bridgehead atoms. The Balaban J connectivity index is 2.29. The number of carbonyl (C=O) groups is 2. The summed E-state index contributed by atoms with van der Waals surface area (Å²) in [5.41, 5.74) is 0.415. The smallest absolute Gasteiger partial charge is 0.333 e. The van der Waals surface area contributed by atoms with E-state index < -0.39 is 11.9 Å². The van der Waals surface area contributed by atoms with Crippen molar-refractivity contribution in [2.24, 2.45) is 0 Å². The molecular weight excluding hydrogens is 260 g/mol. The van der Waals surface area contributed by atoms with E-state index in [4.69, 9.17) is 14.2 Å². The van der Waals surface area contributed by atoms with Gasteiger partial charge in [0.1, 0.15) is 0 Å². The molecule has 112 valence electrons. The van der Waals surface area contributed by atoms with E-state index in [0.717, 1.165) is 6.42 Å². The summed E-state index contributed by atoms with van der Waals surface area (Å²) in [6, 6.07) is 0. The Morgan fingerprint density at radius 2 is 1.45 bits per heavy atom. The Labute approximate surface area is 119 Å². The van der Waals surface area contributed by atoms with Gasteiger partial charge in [-0.3, -0.25) is 0 Å². The second-order valence-corrected chi connectivity index (χ2v) is 5.11. The van der Waals surface area contributed by atoms with Crippen LogP contribution in [0.5, 0.6) is 0 Å². The van der Waals surface area contributed by atoms with Crippen LogP contribution in [0.25, 0.3) is 0 Å². The molecule has 0 amide bonds. The fourth-order valence-electron chi connectivity index (χ4n) is 1.82. The molecule has 20 heavy (non-hydrogen) atoms. The molecule has 5 heteroatoms. The lowest BCUT2D eigenvalue weighted by atomic mass is 9.88. The van der Waals surface area contributed by atoms with Crippen LogP contribution in [0.2, 0.25) is 0 Å². The van der Waals surface area contributed by atoms with Crippen molar-refractivity contribution in [3.8, 4) is 0 Å². The van der Waals surface area contributed by atoms with Crippen LogP contribution < -0.4 is 0 Å². The largest absolute Gasteiger partial charge is 0.462 e. The monoisotopic (exact) mass is 282 g/mol. The topological polar surface area (TPSA) is 61.8 Å². The van der Waals surface area contributed by atoms with E-state index in [1.807, 2.05) is 0 Å². The van der Waals surface area contributed by atoms with Crippen LogP contribution >= 0.6 is 0 Å². The van der Waals surface area contributed by atoms with Gasteiger partial charge in [-0.2, -0.15) is 0 Å². The first-order valence-electron chi connectivity index (χ1n) is 6.65. The fraction of sp³-hybridized carbons (Fsp3) is 0.600. The molecule has 0 spiro atoms. The number of hydrogen-bond acceptors (Lipinski definition) is 5. The van der Waals surface area contributed by atoms with Gasteiger partial charge in [0.15, 0.2) is 0 Å². The van der Waals surface area contributed by atoms with Gasteiger partial charge in [0.05, 0.1) is 25.4 Å². The van der Waals surface area contributed by atoms with E-state index >= 15 is 0 Å². The van der Waals surface area contributed by atoms with Crippen LogP contribution in [-0.4, -0.2) is 37.4 Å². The molecule has 0 aromatic rings. The van der Waals surface area contributed by atoms with Gasteiger partial charge in [0.25, 0.3) is 0 Å². The summed E-state index contributed by atoms with van der Waals surface area (Å²) < 4.78 is 15.7. The molecule has 0 radical (unpaired) electrons. The molecule has 5 nitrogen and oxygen atoms in total. The van der Waals surface area contributed by atoms with Crippen molar-refractivity contribution in [1.82, 2.24) is 0 Å². The van der Waals surface area contributed by atoms with Gasteiger partial charge in [-0.25, -0.2) is 9.59 Å². The van der Waals surface area contributed by atoms with Gasteiger partial charge in [0, 0.05) is 30.4 Å². The minimum absolute atomic E-state index is 0.278. The van der Waals surface area contributed by atoms with Crippen LogP contribution in [0, 0.1) is 0 Å². The minimum atomic E-state index is -0.395. The Kier molecular flexibility index (Phi) is 5.95. The number of rotatable bonds is 8.